The van der Waals surface area contributed by atoms with Crippen LogP contribution in [-0.4, -0.2) is 47.7 Å². The van der Waals surface area contributed by atoms with Crippen LogP contribution in [0.25, 0.3) is 0 Å². The minimum Gasteiger partial charge on any atom is -0.480 e. The molecule has 0 spiro atoms. The standard InChI is InChI=1S/C16H28N2O5/c1-4-23-16(7-5-6-8-16)15(22)17-10-13(19)18-12(14(20)21)9-11(2)3/h11-12H,4-10H2,1-3H3,(H,17,22)(H,18,19)(H,20,21)/t12-/m0/s1. The van der Waals surface area contributed by atoms with Crippen molar-refractivity contribution in [1.82, 2.24) is 10.6 Å². The summed E-state index contributed by atoms with van der Waals surface area (Å²) in [6.07, 6.45) is 3.50. The Bertz CT molecular complexity index is 430. The number of amides is 2. The number of ether oxygens (including phenoxy) is 1. The van der Waals surface area contributed by atoms with Crippen molar-refractivity contribution in [2.45, 2.75) is 64.5 Å². The van der Waals surface area contributed by atoms with Crippen molar-refractivity contribution in [3.05, 3.63) is 0 Å². The highest BCUT2D eigenvalue weighted by atomic mass is 16.5. The molecule has 23 heavy (non-hydrogen) atoms. The summed E-state index contributed by atoms with van der Waals surface area (Å²) in [4.78, 5) is 35.3. The van der Waals surface area contributed by atoms with Crippen LogP contribution >= 0.6 is 0 Å². The van der Waals surface area contributed by atoms with Crippen molar-refractivity contribution in [1.29, 1.82) is 0 Å². The fraction of sp³-hybridized carbons (Fsp3) is 0.812. The van der Waals surface area contributed by atoms with E-state index in [1.165, 1.54) is 0 Å². The second-order valence-corrected chi connectivity index (χ2v) is 6.40. The van der Waals surface area contributed by atoms with Gasteiger partial charge in [0.2, 0.25) is 5.91 Å². The first-order chi connectivity index (χ1) is 10.8. The monoisotopic (exact) mass is 328 g/mol. The zero-order valence-electron chi connectivity index (χ0n) is 14.2. The summed E-state index contributed by atoms with van der Waals surface area (Å²) in [6, 6.07) is -0.938. The van der Waals surface area contributed by atoms with Gasteiger partial charge in [0, 0.05) is 6.61 Å². The van der Waals surface area contributed by atoms with Gasteiger partial charge in [-0.05, 0) is 44.9 Å². The first kappa shape index (κ1) is 19.4. The van der Waals surface area contributed by atoms with Gasteiger partial charge < -0.3 is 20.5 Å². The topological polar surface area (TPSA) is 105 Å². The fourth-order valence-corrected chi connectivity index (χ4v) is 2.92. The number of carbonyl (C=O) groups is 3. The molecule has 132 valence electrons. The molecule has 0 radical (unpaired) electrons. The Balaban J connectivity index is 2.51. The van der Waals surface area contributed by atoms with E-state index in [1.807, 2.05) is 20.8 Å². The van der Waals surface area contributed by atoms with Crippen molar-refractivity contribution in [2.75, 3.05) is 13.2 Å². The molecule has 1 fully saturated rings. The third-order valence-corrected chi connectivity index (χ3v) is 4.00. The Labute approximate surface area is 137 Å². The van der Waals surface area contributed by atoms with E-state index in [0.717, 1.165) is 12.8 Å². The lowest BCUT2D eigenvalue weighted by atomic mass is 10.0. The van der Waals surface area contributed by atoms with E-state index in [9.17, 15) is 14.4 Å². The van der Waals surface area contributed by atoms with Gasteiger partial charge in [-0.3, -0.25) is 9.59 Å². The zero-order valence-corrected chi connectivity index (χ0v) is 14.2. The number of hydrogen-bond donors (Lipinski definition) is 3. The molecule has 2 amide bonds. The van der Waals surface area contributed by atoms with E-state index in [2.05, 4.69) is 10.6 Å². The summed E-state index contributed by atoms with van der Waals surface area (Å²) in [7, 11) is 0. The van der Waals surface area contributed by atoms with Crippen molar-refractivity contribution in [3.8, 4) is 0 Å². The molecular formula is C16H28N2O5. The first-order valence-corrected chi connectivity index (χ1v) is 8.25. The molecule has 7 nitrogen and oxygen atoms in total. The Morgan fingerprint density at radius 2 is 1.83 bits per heavy atom. The summed E-state index contributed by atoms with van der Waals surface area (Å²) in [5.74, 6) is -1.72. The van der Waals surface area contributed by atoms with Gasteiger partial charge in [0.05, 0.1) is 6.54 Å². The summed E-state index contributed by atoms with van der Waals surface area (Å²) in [6.45, 7) is 5.81. The van der Waals surface area contributed by atoms with Gasteiger partial charge >= 0.3 is 5.97 Å². The lowest BCUT2D eigenvalue weighted by Gasteiger charge is -2.27. The Kier molecular flexibility index (Phi) is 7.48. The molecular weight excluding hydrogens is 300 g/mol. The second kappa shape index (κ2) is 8.86. The predicted molar refractivity (Wildman–Crippen MR) is 84.9 cm³/mol. The lowest BCUT2D eigenvalue weighted by molar-refractivity contribution is -0.147. The van der Waals surface area contributed by atoms with Crippen LogP contribution in [0.15, 0.2) is 0 Å². The van der Waals surface area contributed by atoms with Crippen LogP contribution in [0.5, 0.6) is 0 Å². The minimum atomic E-state index is -1.07. The molecule has 0 aliphatic heterocycles. The average molecular weight is 328 g/mol. The molecule has 0 saturated heterocycles. The fourth-order valence-electron chi connectivity index (χ4n) is 2.92. The van der Waals surface area contributed by atoms with E-state index in [0.29, 0.717) is 25.9 Å². The molecule has 0 aromatic carbocycles. The van der Waals surface area contributed by atoms with Crippen LogP contribution < -0.4 is 10.6 Å². The maximum atomic E-state index is 12.3. The molecule has 0 aromatic rings. The quantitative estimate of drug-likeness (QED) is 0.587. The number of carbonyl (C=O) groups excluding carboxylic acids is 2. The van der Waals surface area contributed by atoms with Gasteiger partial charge in [0.15, 0.2) is 0 Å². The first-order valence-electron chi connectivity index (χ1n) is 8.25. The van der Waals surface area contributed by atoms with Crippen LogP contribution in [0.1, 0.15) is 52.9 Å². The van der Waals surface area contributed by atoms with E-state index in [4.69, 9.17) is 9.84 Å². The highest BCUT2D eigenvalue weighted by Gasteiger charge is 2.41. The lowest BCUT2D eigenvalue weighted by Crippen LogP contribution is -2.51. The highest BCUT2D eigenvalue weighted by molar-refractivity contribution is 5.91. The molecule has 7 heteroatoms. The van der Waals surface area contributed by atoms with Crippen molar-refractivity contribution >= 4 is 17.8 Å². The minimum absolute atomic E-state index is 0.144. The third kappa shape index (κ3) is 5.82. The van der Waals surface area contributed by atoms with Gasteiger partial charge in [-0.2, -0.15) is 0 Å². The summed E-state index contributed by atoms with van der Waals surface area (Å²) in [5, 5.41) is 14.1. The maximum Gasteiger partial charge on any atom is 0.326 e. The number of aliphatic carboxylic acids is 1. The van der Waals surface area contributed by atoms with Crippen LogP contribution in [0.4, 0.5) is 0 Å². The van der Waals surface area contributed by atoms with E-state index < -0.39 is 23.5 Å². The number of nitrogens with one attached hydrogen (secondary N) is 2. The maximum absolute atomic E-state index is 12.3. The van der Waals surface area contributed by atoms with Crippen molar-refractivity contribution in [2.24, 2.45) is 5.92 Å². The SMILES string of the molecule is CCOC1(C(=O)NCC(=O)N[C@@H](CC(C)C)C(=O)O)CCCC1. The molecule has 0 unspecified atom stereocenters. The van der Waals surface area contributed by atoms with E-state index >= 15 is 0 Å². The molecule has 1 atom stereocenters. The number of carboxylic acids is 1. The predicted octanol–water partition coefficient (Wildman–Crippen LogP) is 1.07. The van der Waals surface area contributed by atoms with Gasteiger partial charge in [0.25, 0.3) is 5.91 Å². The second-order valence-electron chi connectivity index (χ2n) is 6.40. The molecule has 3 N–H and O–H groups in total. The number of rotatable bonds is 9. The van der Waals surface area contributed by atoms with Crippen LogP contribution in [-0.2, 0) is 19.1 Å². The van der Waals surface area contributed by atoms with Crippen LogP contribution in [0.2, 0.25) is 0 Å². The van der Waals surface area contributed by atoms with Crippen molar-refractivity contribution in [3.63, 3.8) is 0 Å². The Morgan fingerprint density at radius 3 is 2.30 bits per heavy atom. The van der Waals surface area contributed by atoms with Gasteiger partial charge in [-0.1, -0.05) is 13.8 Å². The molecule has 0 aromatic heterocycles. The number of carboxylic acid groups (broad SMARTS) is 1. The highest BCUT2D eigenvalue weighted by Crippen LogP contribution is 2.33. The summed E-state index contributed by atoms with van der Waals surface area (Å²) >= 11 is 0. The smallest absolute Gasteiger partial charge is 0.326 e. The van der Waals surface area contributed by atoms with Crippen LogP contribution in [0, 0.1) is 5.92 Å². The van der Waals surface area contributed by atoms with Gasteiger partial charge in [-0.15, -0.1) is 0 Å². The molecule has 1 aliphatic carbocycles. The molecule has 1 aliphatic rings. The van der Waals surface area contributed by atoms with Crippen molar-refractivity contribution < 1.29 is 24.2 Å². The largest absolute Gasteiger partial charge is 0.480 e. The van der Waals surface area contributed by atoms with Crippen LogP contribution in [0.3, 0.4) is 0 Å². The Hall–Kier alpha value is -1.63. The summed E-state index contributed by atoms with van der Waals surface area (Å²) in [5.41, 5.74) is -0.834. The molecule has 1 rings (SSSR count). The number of hydrogen-bond acceptors (Lipinski definition) is 4. The third-order valence-electron chi connectivity index (χ3n) is 4.00. The molecule has 0 bridgehead atoms. The normalized spacial score (nSPS) is 17.7. The average Bonchev–Trinajstić information content (AvgIpc) is 2.93. The van der Waals surface area contributed by atoms with Gasteiger partial charge in [0.1, 0.15) is 11.6 Å². The van der Waals surface area contributed by atoms with Gasteiger partial charge in [-0.25, -0.2) is 4.79 Å². The molecule has 0 heterocycles. The van der Waals surface area contributed by atoms with E-state index in [-0.39, 0.29) is 18.4 Å². The summed E-state index contributed by atoms with van der Waals surface area (Å²) < 4.78 is 5.62. The zero-order chi connectivity index (χ0) is 17.5. The van der Waals surface area contributed by atoms with E-state index in [1.54, 1.807) is 0 Å². The Morgan fingerprint density at radius 1 is 1.22 bits per heavy atom. The molecule has 1 saturated carbocycles.